The van der Waals surface area contributed by atoms with Gasteiger partial charge in [0.1, 0.15) is 5.82 Å². The fraction of sp³-hybridized carbons (Fsp3) is 0.400. The maximum atomic E-state index is 12.7. The molecule has 4 heteroatoms. The summed E-state index contributed by atoms with van der Waals surface area (Å²) in [7, 11) is 0. The molecule has 1 aromatic carbocycles. The highest BCUT2D eigenvalue weighted by Gasteiger charge is 1.99. The number of halogens is 1. The molecule has 1 aromatic rings. The Morgan fingerprint density at radius 1 is 1.50 bits per heavy atom. The van der Waals surface area contributed by atoms with E-state index in [9.17, 15) is 4.39 Å². The SMILES string of the molecule is NC(CO)CNCc1cccc(F)c1. The van der Waals surface area contributed by atoms with Gasteiger partial charge in [-0.25, -0.2) is 4.39 Å². The van der Waals surface area contributed by atoms with Crippen molar-refractivity contribution in [1.82, 2.24) is 5.32 Å². The molecule has 0 radical (unpaired) electrons. The van der Waals surface area contributed by atoms with Gasteiger partial charge in [-0.3, -0.25) is 0 Å². The first-order chi connectivity index (χ1) is 6.72. The molecule has 0 spiro atoms. The summed E-state index contributed by atoms with van der Waals surface area (Å²) in [5.74, 6) is -0.240. The zero-order chi connectivity index (χ0) is 10.4. The third-order valence-corrected chi connectivity index (χ3v) is 1.86. The molecule has 0 aliphatic rings. The van der Waals surface area contributed by atoms with Crippen LogP contribution in [0, 0.1) is 5.82 Å². The molecule has 0 aliphatic carbocycles. The van der Waals surface area contributed by atoms with Crippen molar-refractivity contribution in [2.24, 2.45) is 5.73 Å². The summed E-state index contributed by atoms with van der Waals surface area (Å²) in [5.41, 5.74) is 6.35. The van der Waals surface area contributed by atoms with E-state index in [-0.39, 0.29) is 18.5 Å². The van der Waals surface area contributed by atoms with Crippen LogP contribution in [-0.4, -0.2) is 24.3 Å². The van der Waals surface area contributed by atoms with Gasteiger partial charge in [0.2, 0.25) is 0 Å². The number of aliphatic hydroxyl groups excluding tert-OH is 1. The quantitative estimate of drug-likeness (QED) is 0.635. The molecule has 0 aromatic heterocycles. The van der Waals surface area contributed by atoms with Crippen LogP contribution in [0.4, 0.5) is 4.39 Å². The molecular weight excluding hydrogens is 183 g/mol. The highest BCUT2D eigenvalue weighted by Crippen LogP contribution is 2.02. The summed E-state index contributed by atoms with van der Waals surface area (Å²) in [5, 5.41) is 11.7. The predicted octanol–water partition coefficient (Wildman–Crippen LogP) is 0.235. The number of hydrogen-bond donors (Lipinski definition) is 3. The average molecular weight is 198 g/mol. The second-order valence-electron chi connectivity index (χ2n) is 3.20. The number of aliphatic hydroxyl groups is 1. The van der Waals surface area contributed by atoms with Crippen molar-refractivity contribution in [2.45, 2.75) is 12.6 Å². The summed E-state index contributed by atoms with van der Waals surface area (Å²) in [6, 6.07) is 6.11. The molecular formula is C10H15FN2O. The molecule has 1 unspecified atom stereocenters. The van der Waals surface area contributed by atoms with Crippen LogP contribution in [0.1, 0.15) is 5.56 Å². The zero-order valence-corrected chi connectivity index (χ0v) is 7.91. The molecule has 4 N–H and O–H groups in total. The van der Waals surface area contributed by atoms with E-state index in [2.05, 4.69) is 5.32 Å². The second-order valence-corrected chi connectivity index (χ2v) is 3.20. The molecule has 0 heterocycles. The van der Waals surface area contributed by atoms with Gasteiger partial charge in [-0.15, -0.1) is 0 Å². The summed E-state index contributed by atoms with van der Waals surface area (Å²) < 4.78 is 12.7. The fourth-order valence-electron chi connectivity index (χ4n) is 1.11. The topological polar surface area (TPSA) is 58.3 Å². The monoisotopic (exact) mass is 198 g/mol. The largest absolute Gasteiger partial charge is 0.395 e. The lowest BCUT2D eigenvalue weighted by atomic mass is 10.2. The Kier molecular flexibility index (Phi) is 4.52. The van der Waals surface area contributed by atoms with Gasteiger partial charge >= 0.3 is 0 Å². The Hall–Kier alpha value is -0.970. The van der Waals surface area contributed by atoms with Gasteiger partial charge in [-0.05, 0) is 17.7 Å². The van der Waals surface area contributed by atoms with E-state index in [0.717, 1.165) is 5.56 Å². The second kappa shape index (κ2) is 5.70. The van der Waals surface area contributed by atoms with Gasteiger partial charge in [0.05, 0.1) is 6.61 Å². The third kappa shape index (κ3) is 3.83. The first kappa shape index (κ1) is 11.1. The Balaban J connectivity index is 2.31. The van der Waals surface area contributed by atoms with Gasteiger partial charge in [0.25, 0.3) is 0 Å². The van der Waals surface area contributed by atoms with Gasteiger partial charge in [0.15, 0.2) is 0 Å². The van der Waals surface area contributed by atoms with E-state index in [1.807, 2.05) is 6.07 Å². The van der Waals surface area contributed by atoms with E-state index >= 15 is 0 Å². The van der Waals surface area contributed by atoms with Crippen molar-refractivity contribution in [1.29, 1.82) is 0 Å². The molecule has 0 bridgehead atoms. The fourth-order valence-corrected chi connectivity index (χ4v) is 1.11. The van der Waals surface area contributed by atoms with Crippen LogP contribution >= 0.6 is 0 Å². The molecule has 14 heavy (non-hydrogen) atoms. The first-order valence-electron chi connectivity index (χ1n) is 4.54. The molecule has 0 saturated heterocycles. The molecule has 0 fully saturated rings. The maximum Gasteiger partial charge on any atom is 0.123 e. The smallest absolute Gasteiger partial charge is 0.123 e. The van der Waals surface area contributed by atoms with Gasteiger partial charge in [-0.1, -0.05) is 12.1 Å². The van der Waals surface area contributed by atoms with E-state index in [0.29, 0.717) is 13.1 Å². The maximum absolute atomic E-state index is 12.7. The van der Waals surface area contributed by atoms with Crippen molar-refractivity contribution in [3.63, 3.8) is 0 Å². The molecule has 78 valence electrons. The number of nitrogens with one attached hydrogen (secondary N) is 1. The number of nitrogens with two attached hydrogens (primary N) is 1. The average Bonchev–Trinajstić information content (AvgIpc) is 2.17. The third-order valence-electron chi connectivity index (χ3n) is 1.86. The summed E-state index contributed by atoms with van der Waals surface area (Å²) in [6.45, 7) is 1.04. The molecule has 0 aliphatic heterocycles. The Bertz CT molecular complexity index is 281. The van der Waals surface area contributed by atoms with Crippen molar-refractivity contribution < 1.29 is 9.50 Å². The van der Waals surface area contributed by atoms with Crippen LogP contribution < -0.4 is 11.1 Å². The van der Waals surface area contributed by atoms with E-state index in [1.54, 1.807) is 6.07 Å². The highest BCUT2D eigenvalue weighted by molar-refractivity contribution is 5.15. The van der Waals surface area contributed by atoms with E-state index in [4.69, 9.17) is 10.8 Å². The van der Waals surface area contributed by atoms with E-state index < -0.39 is 0 Å². The molecule has 1 rings (SSSR count). The minimum Gasteiger partial charge on any atom is -0.395 e. The standard InChI is InChI=1S/C10H15FN2O/c11-9-3-1-2-8(4-9)5-13-6-10(12)7-14/h1-4,10,13-14H,5-7,12H2. The van der Waals surface area contributed by atoms with E-state index in [1.165, 1.54) is 12.1 Å². The van der Waals surface area contributed by atoms with Gasteiger partial charge in [0, 0.05) is 19.1 Å². The molecule has 3 nitrogen and oxygen atoms in total. The lowest BCUT2D eigenvalue weighted by molar-refractivity contribution is 0.262. The Morgan fingerprint density at radius 2 is 2.29 bits per heavy atom. The first-order valence-corrected chi connectivity index (χ1v) is 4.54. The number of hydrogen-bond acceptors (Lipinski definition) is 3. The van der Waals surface area contributed by atoms with Gasteiger partial charge in [-0.2, -0.15) is 0 Å². The minimum atomic E-state index is -0.261. The van der Waals surface area contributed by atoms with Crippen molar-refractivity contribution in [3.05, 3.63) is 35.6 Å². The van der Waals surface area contributed by atoms with Crippen LogP contribution in [0.2, 0.25) is 0 Å². The van der Waals surface area contributed by atoms with Crippen LogP contribution in [0.5, 0.6) is 0 Å². The van der Waals surface area contributed by atoms with Crippen LogP contribution in [0.3, 0.4) is 0 Å². The predicted molar refractivity (Wildman–Crippen MR) is 53.2 cm³/mol. The van der Waals surface area contributed by atoms with Crippen molar-refractivity contribution >= 4 is 0 Å². The number of benzene rings is 1. The molecule has 0 amide bonds. The Morgan fingerprint density at radius 3 is 2.93 bits per heavy atom. The molecule has 0 saturated carbocycles. The summed E-state index contributed by atoms with van der Waals surface area (Å²) >= 11 is 0. The minimum absolute atomic E-state index is 0.0455. The van der Waals surface area contributed by atoms with Crippen LogP contribution in [0.25, 0.3) is 0 Å². The normalized spacial score (nSPS) is 12.8. The molecule has 1 atom stereocenters. The lowest BCUT2D eigenvalue weighted by Gasteiger charge is -2.09. The summed E-state index contributed by atoms with van der Waals surface area (Å²) in [4.78, 5) is 0. The lowest BCUT2D eigenvalue weighted by Crippen LogP contribution is -2.36. The van der Waals surface area contributed by atoms with Crippen LogP contribution in [-0.2, 0) is 6.54 Å². The highest BCUT2D eigenvalue weighted by atomic mass is 19.1. The van der Waals surface area contributed by atoms with Crippen molar-refractivity contribution in [2.75, 3.05) is 13.2 Å². The zero-order valence-electron chi connectivity index (χ0n) is 7.91. The van der Waals surface area contributed by atoms with Crippen molar-refractivity contribution in [3.8, 4) is 0 Å². The Labute approximate surface area is 82.7 Å². The van der Waals surface area contributed by atoms with Gasteiger partial charge < -0.3 is 16.2 Å². The number of rotatable bonds is 5. The summed E-state index contributed by atoms with van der Waals surface area (Å²) in [6.07, 6.45) is 0. The van der Waals surface area contributed by atoms with Crippen LogP contribution in [0.15, 0.2) is 24.3 Å².